The van der Waals surface area contributed by atoms with Gasteiger partial charge in [-0.25, -0.2) is 4.68 Å². The number of carbonyl (C=O) groups is 2. The van der Waals surface area contributed by atoms with E-state index in [1.54, 1.807) is 18.2 Å². The third-order valence-corrected chi connectivity index (χ3v) is 5.65. The van der Waals surface area contributed by atoms with Crippen LogP contribution in [0.1, 0.15) is 53.5 Å². The van der Waals surface area contributed by atoms with E-state index in [1.165, 1.54) is 4.68 Å². The van der Waals surface area contributed by atoms with Crippen molar-refractivity contribution >= 4 is 17.6 Å². The van der Waals surface area contributed by atoms with Crippen molar-refractivity contribution in [2.75, 3.05) is 18.9 Å². The number of hydrogen-bond acceptors (Lipinski definition) is 3. The van der Waals surface area contributed by atoms with Gasteiger partial charge in [0.25, 0.3) is 5.91 Å². The molecule has 3 aromatic rings. The highest BCUT2D eigenvalue weighted by atomic mass is 19.4. The topological polar surface area (TPSA) is 67.2 Å². The van der Waals surface area contributed by atoms with E-state index in [1.807, 2.05) is 39.8 Å². The van der Waals surface area contributed by atoms with Crippen molar-refractivity contribution in [3.63, 3.8) is 0 Å². The van der Waals surface area contributed by atoms with Crippen molar-refractivity contribution in [3.05, 3.63) is 76.5 Å². The summed E-state index contributed by atoms with van der Waals surface area (Å²) in [4.78, 5) is 26.3. The standard InChI is InChI=1S/C26H26F6N4O2/c1-15-8-6-7-9-19(15)36-21(13-20(34-36)24(2,3)4)33-22(37)14-35(5)23(38)16-10-17(25(27,28)29)12-18(11-16)26(30,31)32/h6-13H,14H2,1-5H3,(H,33,37). The molecule has 0 atom stereocenters. The molecule has 0 fully saturated rings. The first-order valence-corrected chi connectivity index (χ1v) is 11.4. The number of halogens is 6. The van der Waals surface area contributed by atoms with Crippen LogP contribution in [-0.2, 0) is 22.6 Å². The molecule has 1 N–H and O–H groups in total. The summed E-state index contributed by atoms with van der Waals surface area (Å²) >= 11 is 0. The molecule has 0 saturated carbocycles. The highest BCUT2D eigenvalue weighted by Crippen LogP contribution is 2.36. The Kier molecular flexibility index (Phi) is 7.67. The molecule has 204 valence electrons. The van der Waals surface area contributed by atoms with Crippen LogP contribution in [0.5, 0.6) is 0 Å². The first kappa shape index (κ1) is 28.7. The Morgan fingerprint density at radius 1 is 0.921 bits per heavy atom. The van der Waals surface area contributed by atoms with Crippen LogP contribution >= 0.6 is 0 Å². The molecule has 2 aromatic carbocycles. The number of alkyl halides is 6. The second kappa shape index (κ2) is 10.1. The van der Waals surface area contributed by atoms with Crippen LogP contribution in [-0.4, -0.2) is 40.1 Å². The third kappa shape index (κ3) is 6.53. The first-order valence-electron chi connectivity index (χ1n) is 11.4. The van der Waals surface area contributed by atoms with Gasteiger partial charge < -0.3 is 10.2 Å². The van der Waals surface area contributed by atoms with Gasteiger partial charge in [0.15, 0.2) is 0 Å². The van der Waals surface area contributed by atoms with Crippen molar-refractivity contribution in [2.24, 2.45) is 0 Å². The molecule has 3 rings (SSSR count). The summed E-state index contributed by atoms with van der Waals surface area (Å²) in [6.45, 7) is 7.01. The van der Waals surface area contributed by atoms with Gasteiger partial charge in [-0.05, 0) is 36.8 Å². The molecule has 0 spiro atoms. The molecule has 0 saturated heterocycles. The van der Waals surface area contributed by atoms with Gasteiger partial charge in [0.2, 0.25) is 5.91 Å². The average Bonchev–Trinajstić information content (AvgIpc) is 3.21. The van der Waals surface area contributed by atoms with Crippen molar-refractivity contribution in [2.45, 2.75) is 45.5 Å². The van der Waals surface area contributed by atoms with Crippen LogP contribution < -0.4 is 5.32 Å². The molecule has 0 aliphatic rings. The molecular weight excluding hydrogens is 514 g/mol. The summed E-state index contributed by atoms with van der Waals surface area (Å²) < 4.78 is 80.6. The second-order valence-electron chi connectivity index (χ2n) is 9.87. The van der Waals surface area contributed by atoms with Gasteiger partial charge in [0.05, 0.1) is 29.1 Å². The molecule has 2 amide bonds. The molecule has 6 nitrogen and oxygen atoms in total. The number of aryl methyl sites for hydroxylation is 1. The lowest BCUT2D eigenvalue weighted by Crippen LogP contribution is -2.35. The number of hydrogen-bond donors (Lipinski definition) is 1. The molecule has 1 heterocycles. The van der Waals surface area contributed by atoms with Gasteiger partial charge in [0, 0.05) is 24.1 Å². The van der Waals surface area contributed by atoms with E-state index in [4.69, 9.17) is 0 Å². The summed E-state index contributed by atoms with van der Waals surface area (Å²) in [5.74, 6) is -1.62. The van der Waals surface area contributed by atoms with Crippen molar-refractivity contribution in [1.82, 2.24) is 14.7 Å². The highest BCUT2D eigenvalue weighted by molar-refractivity contribution is 5.99. The maximum absolute atomic E-state index is 13.2. The highest BCUT2D eigenvalue weighted by Gasteiger charge is 2.38. The summed E-state index contributed by atoms with van der Waals surface area (Å²) in [5, 5.41) is 7.25. The van der Waals surface area contributed by atoms with Gasteiger partial charge in [-0.3, -0.25) is 9.59 Å². The fraction of sp³-hybridized carbons (Fsp3) is 0.346. The number of rotatable bonds is 5. The molecule has 38 heavy (non-hydrogen) atoms. The van der Waals surface area contributed by atoms with Gasteiger partial charge in [-0.2, -0.15) is 31.4 Å². The van der Waals surface area contributed by atoms with Crippen molar-refractivity contribution < 1.29 is 35.9 Å². The molecule has 0 radical (unpaired) electrons. The number of amides is 2. The average molecular weight is 541 g/mol. The number of aromatic nitrogens is 2. The van der Waals surface area contributed by atoms with E-state index in [-0.39, 0.29) is 17.3 Å². The number of likely N-dealkylation sites (N-methyl/N-ethyl adjacent to an activating group) is 1. The smallest absolute Gasteiger partial charge is 0.332 e. The third-order valence-electron chi connectivity index (χ3n) is 5.65. The lowest BCUT2D eigenvalue weighted by atomic mass is 9.92. The van der Waals surface area contributed by atoms with E-state index in [9.17, 15) is 35.9 Å². The van der Waals surface area contributed by atoms with E-state index < -0.39 is 47.4 Å². The molecule has 0 aliphatic heterocycles. The van der Waals surface area contributed by atoms with E-state index >= 15 is 0 Å². The molecular formula is C26H26F6N4O2. The fourth-order valence-electron chi connectivity index (χ4n) is 3.59. The number of nitrogens with one attached hydrogen (secondary N) is 1. The van der Waals surface area contributed by atoms with Crippen LogP contribution in [0.15, 0.2) is 48.5 Å². The maximum Gasteiger partial charge on any atom is 0.416 e. The van der Waals surface area contributed by atoms with Crippen LogP contribution in [0.25, 0.3) is 5.69 Å². The van der Waals surface area contributed by atoms with Crippen LogP contribution in [0.2, 0.25) is 0 Å². The number of benzene rings is 2. The minimum Gasteiger partial charge on any atom is -0.332 e. The Hall–Kier alpha value is -3.83. The zero-order valence-corrected chi connectivity index (χ0v) is 21.3. The monoisotopic (exact) mass is 540 g/mol. The first-order chi connectivity index (χ1) is 17.4. The Bertz CT molecular complexity index is 1320. The number of nitrogens with zero attached hydrogens (tertiary/aromatic N) is 3. The van der Waals surface area contributed by atoms with Gasteiger partial charge in [-0.1, -0.05) is 39.0 Å². The fourth-order valence-corrected chi connectivity index (χ4v) is 3.59. The number of anilines is 1. The normalized spacial score (nSPS) is 12.4. The van der Waals surface area contributed by atoms with E-state index in [2.05, 4.69) is 10.4 Å². The zero-order chi connectivity index (χ0) is 28.6. The van der Waals surface area contributed by atoms with Crippen molar-refractivity contribution in [3.8, 4) is 5.69 Å². The van der Waals surface area contributed by atoms with Gasteiger partial charge in [-0.15, -0.1) is 0 Å². The maximum atomic E-state index is 13.2. The minimum atomic E-state index is -5.11. The quantitative estimate of drug-likeness (QED) is 0.391. The summed E-state index contributed by atoms with van der Waals surface area (Å²) in [6, 6.07) is 9.54. The lowest BCUT2D eigenvalue weighted by molar-refractivity contribution is -0.143. The SMILES string of the molecule is Cc1ccccc1-n1nc(C(C)(C)C)cc1NC(=O)CN(C)C(=O)c1cc(C(F)(F)F)cc(C(F)(F)F)c1. The van der Waals surface area contributed by atoms with Crippen LogP contribution in [0.3, 0.4) is 0 Å². The van der Waals surface area contributed by atoms with E-state index in [0.717, 1.165) is 17.5 Å². The Morgan fingerprint density at radius 2 is 1.47 bits per heavy atom. The molecule has 0 aliphatic carbocycles. The predicted octanol–water partition coefficient (Wildman–Crippen LogP) is 6.23. The molecule has 0 unspecified atom stereocenters. The largest absolute Gasteiger partial charge is 0.416 e. The Morgan fingerprint density at radius 3 is 1.97 bits per heavy atom. The van der Waals surface area contributed by atoms with Gasteiger partial charge in [0.1, 0.15) is 5.82 Å². The van der Waals surface area contributed by atoms with Crippen molar-refractivity contribution in [1.29, 1.82) is 0 Å². The summed E-state index contributed by atoms with van der Waals surface area (Å²) in [5.41, 5.74) is -2.25. The summed E-state index contributed by atoms with van der Waals surface area (Å²) in [6.07, 6.45) is -10.2. The van der Waals surface area contributed by atoms with E-state index in [0.29, 0.717) is 23.5 Å². The lowest BCUT2D eigenvalue weighted by Gasteiger charge is -2.19. The second-order valence-corrected chi connectivity index (χ2v) is 9.87. The molecule has 12 heteroatoms. The minimum absolute atomic E-state index is 0.0664. The Labute approximate surface area is 215 Å². The number of carbonyl (C=O) groups excluding carboxylic acids is 2. The van der Waals surface area contributed by atoms with Gasteiger partial charge >= 0.3 is 12.4 Å². The molecule has 0 bridgehead atoms. The number of para-hydroxylation sites is 1. The molecule has 1 aromatic heterocycles. The van der Waals surface area contributed by atoms with Crippen LogP contribution in [0, 0.1) is 6.92 Å². The Balaban J connectivity index is 1.88. The predicted molar refractivity (Wildman–Crippen MR) is 129 cm³/mol. The zero-order valence-electron chi connectivity index (χ0n) is 21.3. The summed E-state index contributed by atoms with van der Waals surface area (Å²) in [7, 11) is 1.11. The van der Waals surface area contributed by atoms with Crippen LogP contribution in [0.4, 0.5) is 32.2 Å².